The van der Waals surface area contributed by atoms with Crippen molar-refractivity contribution in [3.05, 3.63) is 50.1 Å². The number of carbonyl (C=O) groups excluding carboxylic acids is 1. The monoisotopic (exact) mass is 512 g/mol. The summed E-state index contributed by atoms with van der Waals surface area (Å²) in [5.74, 6) is -2.37. The van der Waals surface area contributed by atoms with Crippen LogP contribution in [0.3, 0.4) is 0 Å². The first-order valence-corrected chi connectivity index (χ1v) is 11.4. The second kappa shape index (κ2) is 8.72. The van der Waals surface area contributed by atoms with E-state index in [0.29, 0.717) is 50.7 Å². The summed E-state index contributed by atoms with van der Waals surface area (Å²) in [5.41, 5.74) is -2.31. The van der Waals surface area contributed by atoms with Gasteiger partial charge in [0.2, 0.25) is 5.95 Å². The number of hydrogen-bond donors (Lipinski definition) is 1. The molecule has 1 saturated carbocycles. The predicted molar refractivity (Wildman–Crippen MR) is 120 cm³/mol. The normalized spacial score (nSPS) is 17.0. The zero-order valence-electron chi connectivity index (χ0n) is 18.2. The van der Waals surface area contributed by atoms with Crippen molar-refractivity contribution >= 4 is 34.7 Å². The van der Waals surface area contributed by atoms with E-state index >= 15 is 0 Å². The number of nitrogens with one attached hydrogen (secondary N) is 1. The van der Waals surface area contributed by atoms with Gasteiger partial charge in [0.1, 0.15) is 0 Å². The SMILES string of the molecule is O=C(On1c(=O)c2c(nc(N3CCNCC3)n2-c2ccccc2Cl)n(C2CCC2)c1=O)C(F)(F)F. The van der Waals surface area contributed by atoms with Crippen LogP contribution in [-0.4, -0.2) is 57.2 Å². The zero-order valence-corrected chi connectivity index (χ0v) is 19.0. The maximum absolute atomic E-state index is 13.5. The molecule has 35 heavy (non-hydrogen) atoms. The molecule has 2 aliphatic rings. The lowest BCUT2D eigenvalue weighted by Gasteiger charge is -2.28. The summed E-state index contributed by atoms with van der Waals surface area (Å²) in [7, 11) is 0. The molecule has 1 N–H and O–H groups in total. The number of para-hydroxylation sites is 1. The third-order valence-corrected chi connectivity index (χ3v) is 6.49. The number of benzene rings is 1. The molecule has 14 heteroatoms. The van der Waals surface area contributed by atoms with Crippen LogP contribution in [0.1, 0.15) is 25.3 Å². The number of anilines is 1. The molecule has 1 aromatic carbocycles. The summed E-state index contributed by atoms with van der Waals surface area (Å²) in [6, 6.07) is 6.17. The largest absolute Gasteiger partial charge is 0.493 e. The summed E-state index contributed by atoms with van der Waals surface area (Å²) in [5, 5.41) is 3.46. The Labute approximate surface area is 200 Å². The molecule has 5 rings (SSSR count). The first-order chi connectivity index (χ1) is 16.7. The van der Waals surface area contributed by atoms with Crippen LogP contribution in [0.4, 0.5) is 19.1 Å². The number of imidazole rings is 1. The maximum atomic E-state index is 13.5. The van der Waals surface area contributed by atoms with Crippen molar-refractivity contribution in [1.29, 1.82) is 0 Å². The van der Waals surface area contributed by atoms with Crippen LogP contribution in [0, 0.1) is 0 Å². The summed E-state index contributed by atoms with van der Waals surface area (Å²) < 4.78 is 41.3. The Bertz CT molecular complexity index is 1420. The van der Waals surface area contributed by atoms with Crippen LogP contribution < -0.4 is 26.3 Å². The molecule has 3 aromatic rings. The number of rotatable bonds is 4. The van der Waals surface area contributed by atoms with E-state index in [1.807, 2.05) is 4.90 Å². The summed E-state index contributed by atoms with van der Waals surface area (Å²) in [6.45, 7) is 2.32. The van der Waals surface area contributed by atoms with Gasteiger partial charge in [-0.3, -0.25) is 13.9 Å². The molecule has 2 aromatic heterocycles. The molecule has 3 heterocycles. The van der Waals surface area contributed by atoms with Gasteiger partial charge in [0, 0.05) is 32.2 Å². The highest BCUT2D eigenvalue weighted by Crippen LogP contribution is 2.35. The minimum Gasteiger partial charge on any atom is -0.339 e. The van der Waals surface area contributed by atoms with Crippen molar-refractivity contribution < 1.29 is 22.8 Å². The minimum absolute atomic E-state index is 0.00235. The van der Waals surface area contributed by atoms with Gasteiger partial charge in [0.15, 0.2) is 11.2 Å². The van der Waals surface area contributed by atoms with Crippen molar-refractivity contribution in [3.8, 4) is 5.69 Å². The number of halogens is 4. The number of aromatic nitrogens is 4. The van der Waals surface area contributed by atoms with Crippen molar-refractivity contribution in [3.63, 3.8) is 0 Å². The zero-order chi connectivity index (χ0) is 24.9. The molecule has 10 nitrogen and oxygen atoms in total. The fourth-order valence-corrected chi connectivity index (χ4v) is 4.48. The van der Waals surface area contributed by atoms with Gasteiger partial charge in [0.05, 0.1) is 10.7 Å². The Morgan fingerprint density at radius 3 is 2.43 bits per heavy atom. The van der Waals surface area contributed by atoms with E-state index < -0.39 is 29.4 Å². The Morgan fingerprint density at radius 1 is 1.14 bits per heavy atom. The van der Waals surface area contributed by atoms with Crippen LogP contribution in [0.5, 0.6) is 0 Å². The molecule has 186 valence electrons. The fraction of sp³-hybridized carbons (Fsp3) is 0.429. The summed E-state index contributed by atoms with van der Waals surface area (Å²) in [6.07, 6.45) is -3.50. The third-order valence-electron chi connectivity index (χ3n) is 6.18. The van der Waals surface area contributed by atoms with Gasteiger partial charge in [-0.15, -0.1) is 0 Å². The number of alkyl halides is 3. The van der Waals surface area contributed by atoms with E-state index in [0.717, 1.165) is 11.0 Å². The van der Waals surface area contributed by atoms with Crippen LogP contribution in [0.25, 0.3) is 16.9 Å². The Morgan fingerprint density at radius 2 is 1.83 bits per heavy atom. The van der Waals surface area contributed by atoms with Crippen LogP contribution in [-0.2, 0) is 4.79 Å². The minimum atomic E-state index is -5.41. The van der Waals surface area contributed by atoms with E-state index in [-0.39, 0.29) is 20.9 Å². The van der Waals surface area contributed by atoms with E-state index in [1.54, 1.807) is 24.3 Å². The van der Waals surface area contributed by atoms with Crippen LogP contribution in [0.2, 0.25) is 5.02 Å². The second-order valence-corrected chi connectivity index (χ2v) is 8.73. The van der Waals surface area contributed by atoms with Gasteiger partial charge in [-0.05, 0) is 31.4 Å². The third kappa shape index (κ3) is 3.97. The highest BCUT2D eigenvalue weighted by atomic mass is 35.5. The Balaban J connectivity index is 1.86. The van der Waals surface area contributed by atoms with E-state index in [4.69, 9.17) is 11.6 Å². The Hall–Kier alpha value is -3.32. The number of fused-ring (bicyclic) bond motifs is 1. The Kier molecular flexibility index (Phi) is 5.83. The molecule has 0 spiro atoms. The second-order valence-electron chi connectivity index (χ2n) is 8.32. The molecule has 0 bridgehead atoms. The number of piperazine rings is 1. The smallest absolute Gasteiger partial charge is 0.339 e. The molecule has 1 aliphatic carbocycles. The van der Waals surface area contributed by atoms with Gasteiger partial charge in [-0.1, -0.05) is 28.5 Å². The van der Waals surface area contributed by atoms with E-state index in [9.17, 15) is 27.6 Å². The van der Waals surface area contributed by atoms with E-state index in [1.165, 1.54) is 4.57 Å². The van der Waals surface area contributed by atoms with Gasteiger partial charge in [-0.25, -0.2) is 9.59 Å². The molecular formula is C21H20ClF3N6O4. The predicted octanol–water partition coefficient (Wildman–Crippen LogP) is 1.65. The van der Waals surface area contributed by atoms with Gasteiger partial charge >= 0.3 is 23.4 Å². The van der Waals surface area contributed by atoms with Gasteiger partial charge < -0.3 is 15.1 Å². The molecule has 0 radical (unpaired) electrons. The highest BCUT2D eigenvalue weighted by molar-refractivity contribution is 6.32. The van der Waals surface area contributed by atoms with Crippen molar-refractivity contribution in [1.82, 2.24) is 24.2 Å². The van der Waals surface area contributed by atoms with Crippen molar-refractivity contribution in [2.75, 3.05) is 31.1 Å². The lowest BCUT2D eigenvalue weighted by molar-refractivity contribution is -0.200. The van der Waals surface area contributed by atoms with Gasteiger partial charge in [0.25, 0.3) is 0 Å². The lowest BCUT2D eigenvalue weighted by Crippen LogP contribution is -2.49. The molecule has 0 unspecified atom stereocenters. The first-order valence-electron chi connectivity index (χ1n) is 11.0. The van der Waals surface area contributed by atoms with Gasteiger partial charge in [-0.2, -0.15) is 18.2 Å². The van der Waals surface area contributed by atoms with Crippen molar-refractivity contribution in [2.45, 2.75) is 31.5 Å². The molecule has 1 aliphatic heterocycles. The quantitative estimate of drug-likeness (QED) is 0.567. The van der Waals surface area contributed by atoms with Crippen LogP contribution >= 0.6 is 11.6 Å². The standard InChI is InChI=1S/C21H20ClF3N6O4/c22-13-6-1-2-7-14(13)30-15-16(27-19(30)28-10-8-26-9-11-28)29(12-4-3-5-12)20(34)31(17(15)32)35-18(33)21(23,24)25/h1-2,6-7,12,26H,3-5,8-11H2. The number of nitrogens with zero attached hydrogens (tertiary/aromatic N) is 5. The molecule has 1 saturated heterocycles. The highest BCUT2D eigenvalue weighted by Gasteiger charge is 2.43. The topological polar surface area (TPSA) is 103 Å². The van der Waals surface area contributed by atoms with Crippen LogP contribution in [0.15, 0.2) is 33.9 Å². The number of carbonyl (C=O) groups is 1. The average molecular weight is 513 g/mol. The first kappa shape index (κ1) is 23.4. The molecule has 0 atom stereocenters. The average Bonchev–Trinajstić information content (AvgIpc) is 3.18. The van der Waals surface area contributed by atoms with Crippen molar-refractivity contribution in [2.24, 2.45) is 0 Å². The maximum Gasteiger partial charge on any atom is 0.493 e. The molecule has 2 fully saturated rings. The summed E-state index contributed by atoms with van der Waals surface area (Å²) in [4.78, 5) is 49.1. The lowest BCUT2D eigenvalue weighted by atomic mass is 9.93. The van der Waals surface area contributed by atoms with E-state index in [2.05, 4.69) is 15.1 Å². The summed E-state index contributed by atoms with van der Waals surface area (Å²) >= 11 is 6.44. The molecular weight excluding hydrogens is 493 g/mol. The molecule has 0 amide bonds. The fourth-order valence-electron chi connectivity index (χ4n) is 4.26. The number of hydrogen-bond acceptors (Lipinski definition) is 7.